The first-order valence-electron chi connectivity index (χ1n) is 8.12. The van der Waals surface area contributed by atoms with Gasteiger partial charge in [-0.25, -0.2) is 4.79 Å². The smallest absolute Gasteiger partial charge is 0.318 e. The van der Waals surface area contributed by atoms with Crippen LogP contribution in [0, 0.1) is 0 Å². The molecule has 0 radical (unpaired) electrons. The molecule has 0 aromatic heterocycles. The van der Waals surface area contributed by atoms with Gasteiger partial charge < -0.3 is 15.5 Å². The molecule has 6 nitrogen and oxygen atoms in total. The van der Waals surface area contributed by atoms with E-state index >= 15 is 0 Å². The number of piperazine rings is 1. The van der Waals surface area contributed by atoms with E-state index in [2.05, 4.69) is 29.4 Å². The predicted molar refractivity (Wildman–Crippen MR) is 82.1 cm³/mol. The molecule has 1 unspecified atom stereocenters. The van der Waals surface area contributed by atoms with Crippen molar-refractivity contribution in [1.82, 2.24) is 20.4 Å². The van der Waals surface area contributed by atoms with Crippen molar-refractivity contribution in [3.63, 3.8) is 0 Å². The summed E-state index contributed by atoms with van der Waals surface area (Å²) in [7, 11) is 0. The van der Waals surface area contributed by atoms with Gasteiger partial charge in [0.15, 0.2) is 0 Å². The lowest BCUT2D eigenvalue weighted by Gasteiger charge is -2.34. The maximum absolute atomic E-state index is 12.3. The molecule has 2 rings (SSSR count). The van der Waals surface area contributed by atoms with Crippen LogP contribution in [0.5, 0.6) is 0 Å². The predicted octanol–water partition coefficient (Wildman–Crippen LogP) is 0.779. The monoisotopic (exact) mass is 296 g/mol. The van der Waals surface area contributed by atoms with E-state index in [1.54, 1.807) is 4.90 Å². The lowest BCUT2D eigenvalue weighted by molar-refractivity contribution is -0.127. The van der Waals surface area contributed by atoms with Crippen LogP contribution in [-0.2, 0) is 4.79 Å². The molecule has 120 valence electrons. The number of rotatable bonds is 6. The lowest BCUT2D eigenvalue weighted by Crippen LogP contribution is -2.59. The molecule has 2 aliphatic rings. The Morgan fingerprint density at radius 3 is 2.76 bits per heavy atom. The van der Waals surface area contributed by atoms with Gasteiger partial charge in [-0.3, -0.25) is 9.69 Å². The maximum Gasteiger partial charge on any atom is 0.318 e. The summed E-state index contributed by atoms with van der Waals surface area (Å²) in [5.41, 5.74) is 0. The van der Waals surface area contributed by atoms with Crippen molar-refractivity contribution < 1.29 is 9.59 Å². The number of nitrogens with one attached hydrogen (secondary N) is 2. The van der Waals surface area contributed by atoms with Crippen molar-refractivity contribution in [3.8, 4) is 0 Å². The first-order chi connectivity index (χ1) is 10.0. The van der Waals surface area contributed by atoms with Gasteiger partial charge in [0.1, 0.15) is 6.04 Å². The Labute approximate surface area is 127 Å². The molecule has 0 aromatic carbocycles. The van der Waals surface area contributed by atoms with Crippen LogP contribution < -0.4 is 10.6 Å². The van der Waals surface area contributed by atoms with Crippen LogP contribution in [0.25, 0.3) is 0 Å². The molecule has 2 fully saturated rings. The van der Waals surface area contributed by atoms with E-state index in [9.17, 15) is 9.59 Å². The van der Waals surface area contributed by atoms with Gasteiger partial charge in [-0.05, 0) is 33.1 Å². The Kier molecular flexibility index (Phi) is 5.45. The average Bonchev–Trinajstić information content (AvgIpc) is 3.27. The van der Waals surface area contributed by atoms with Crippen LogP contribution in [0.2, 0.25) is 0 Å². The number of hydrogen-bond acceptors (Lipinski definition) is 3. The van der Waals surface area contributed by atoms with Crippen LogP contribution in [0.15, 0.2) is 0 Å². The molecule has 0 aromatic rings. The molecule has 1 aliphatic heterocycles. The Morgan fingerprint density at radius 2 is 2.19 bits per heavy atom. The fourth-order valence-corrected chi connectivity index (χ4v) is 3.03. The minimum absolute atomic E-state index is 0.0410. The fraction of sp³-hybridized carbons (Fsp3) is 0.867. The zero-order valence-corrected chi connectivity index (χ0v) is 13.4. The van der Waals surface area contributed by atoms with Gasteiger partial charge >= 0.3 is 6.03 Å². The van der Waals surface area contributed by atoms with Crippen molar-refractivity contribution in [2.24, 2.45) is 0 Å². The summed E-state index contributed by atoms with van der Waals surface area (Å²) in [5, 5.41) is 5.78. The van der Waals surface area contributed by atoms with Crippen LogP contribution in [0.1, 0.15) is 40.0 Å². The number of amides is 3. The number of hydrogen-bond donors (Lipinski definition) is 2. The topological polar surface area (TPSA) is 64.7 Å². The molecule has 1 saturated heterocycles. The Bertz CT molecular complexity index is 380. The summed E-state index contributed by atoms with van der Waals surface area (Å²) in [6.07, 6.45) is 3.20. The zero-order chi connectivity index (χ0) is 15.4. The van der Waals surface area contributed by atoms with Crippen LogP contribution in [0.3, 0.4) is 0 Å². The number of carbonyl (C=O) groups excluding carboxylic acids is 2. The van der Waals surface area contributed by atoms with Gasteiger partial charge in [-0.1, -0.05) is 6.92 Å². The van der Waals surface area contributed by atoms with Crippen LogP contribution >= 0.6 is 0 Å². The second-order valence-electron chi connectivity index (χ2n) is 6.20. The van der Waals surface area contributed by atoms with Gasteiger partial charge in [0, 0.05) is 38.3 Å². The molecule has 0 spiro atoms. The SMILES string of the molecule is CCC1C(=O)NCCN1C(=O)NCCN(C(C)C)C1CC1. The van der Waals surface area contributed by atoms with E-state index in [4.69, 9.17) is 0 Å². The largest absolute Gasteiger partial charge is 0.353 e. The molecule has 0 bridgehead atoms. The highest BCUT2D eigenvalue weighted by molar-refractivity contribution is 5.88. The molecular weight excluding hydrogens is 268 g/mol. The third-order valence-electron chi connectivity index (χ3n) is 4.30. The van der Waals surface area contributed by atoms with Crippen molar-refractivity contribution >= 4 is 11.9 Å². The lowest BCUT2D eigenvalue weighted by atomic mass is 10.1. The van der Waals surface area contributed by atoms with E-state index in [0.717, 1.165) is 6.54 Å². The summed E-state index contributed by atoms with van der Waals surface area (Å²) in [6, 6.07) is 0.768. The molecule has 21 heavy (non-hydrogen) atoms. The van der Waals surface area contributed by atoms with E-state index < -0.39 is 0 Å². The summed E-state index contributed by atoms with van der Waals surface area (Å²) >= 11 is 0. The number of urea groups is 1. The van der Waals surface area contributed by atoms with Gasteiger partial charge in [0.2, 0.25) is 5.91 Å². The van der Waals surface area contributed by atoms with Crippen LogP contribution in [0.4, 0.5) is 4.79 Å². The van der Waals surface area contributed by atoms with E-state index in [1.807, 2.05) is 6.92 Å². The minimum Gasteiger partial charge on any atom is -0.353 e. The summed E-state index contributed by atoms with van der Waals surface area (Å²) in [4.78, 5) is 28.1. The maximum atomic E-state index is 12.3. The van der Waals surface area contributed by atoms with Crippen LogP contribution in [-0.4, -0.2) is 66.0 Å². The highest BCUT2D eigenvalue weighted by Crippen LogP contribution is 2.27. The minimum atomic E-state index is -0.330. The molecule has 1 atom stereocenters. The van der Waals surface area contributed by atoms with Crippen molar-refractivity contribution in [2.75, 3.05) is 26.2 Å². The first-order valence-corrected chi connectivity index (χ1v) is 8.12. The van der Waals surface area contributed by atoms with E-state index in [0.29, 0.717) is 38.1 Å². The second-order valence-corrected chi connectivity index (χ2v) is 6.20. The zero-order valence-electron chi connectivity index (χ0n) is 13.4. The Hall–Kier alpha value is -1.30. The quantitative estimate of drug-likeness (QED) is 0.761. The average molecular weight is 296 g/mol. The van der Waals surface area contributed by atoms with Gasteiger partial charge in [0.05, 0.1) is 0 Å². The molecule has 2 N–H and O–H groups in total. The van der Waals surface area contributed by atoms with E-state index in [-0.39, 0.29) is 18.0 Å². The number of carbonyl (C=O) groups is 2. The molecule has 6 heteroatoms. The van der Waals surface area contributed by atoms with Gasteiger partial charge in [-0.2, -0.15) is 0 Å². The first kappa shape index (κ1) is 16.1. The van der Waals surface area contributed by atoms with E-state index in [1.165, 1.54) is 12.8 Å². The molecule has 1 heterocycles. The molecule has 1 aliphatic carbocycles. The van der Waals surface area contributed by atoms with Gasteiger partial charge in [-0.15, -0.1) is 0 Å². The normalized spacial score (nSPS) is 22.6. The highest BCUT2D eigenvalue weighted by Gasteiger charge is 2.32. The van der Waals surface area contributed by atoms with Crippen molar-refractivity contribution in [3.05, 3.63) is 0 Å². The fourth-order valence-electron chi connectivity index (χ4n) is 3.03. The number of nitrogens with zero attached hydrogens (tertiary/aromatic N) is 2. The standard InChI is InChI=1S/C15H28N4O2/c1-4-13-14(20)16-7-10-19(13)15(21)17-8-9-18(11(2)3)12-5-6-12/h11-13H,4-10H2,1-3H3,(H,16,20)(H,17,21). The van der Waals surface area contributed by atoms with Crippen molar-refractivity contribution in [2.45, 2.75) is 58.2 Å². The highest BCUT2D eigenvalue weighted by atomic mass is 16.2. The summed E-state index contributed by atoms with van der Waals surface area (Å²) < 4.78 is 0. The summed E-state index contributed by atoms with van der Waals surface area (Å²) in [5.74, 6) is -0.0410. The van der Waals surface area contributed by atoms with Crippen molar-refractivity contribution in [1.29, 1.82) is 0 Å². The summed E-state index contributed by atoms with van der Waals surface area (Å²) in [6.45, 7) is 8.98. The molecule has 1 saturated carbocycles. The van der Waals surface area contributed by atoms with Gasteiger partial charge in [0.25, 0.3) is 0 Å². The third kappa shape index (κ3) is 4.09. The third-order valence-corrected chi connectivity index (χ3v) is 4.30. The Balaban J connectivity index is 1.79. The second kappa shape index (κ2) is 7.11. The Morgan fingerprint density at radius 1 is 1.48 bits per heavy atom. The molecular formula is C15H28N4O2. The molecule has 3 amide bonds.